The lowest BCUT2D eigenvalue weighted by molar-refractivity contribution is 0.0953. The molecule has 1 aromatic carbocycles. The van der Waals surface area contributed by atoms with Gasteiger partial charge in [0.2, 0.25) is 0 Å². The minimum atomic E-state index is -0.101. The van der Waals surface area contributed by atoms with Crippen molar-refractivity contribution in [1.82, 2.24) is 10.3 Å². The number of carbonyl (C=O) groups excluding carboxylic acids is 1. The van der Waals surface area contributed by atoms with Crippen molar-refractivity contribution in [3.05, 3.63) is 47.8 Å². The molecule has 2 N–H and O–H groups in total. The number of nitrogens with zero attached hydrogens (tertiary/aromatic N) is 1. The quantitative estimate of drug-likeness (QED) is 0.684. The number of benzene rings is 1. The van der Waals surface area contributed by atoms with Gasteiger partial charge in [-0.05, 0) is 30.2 Å². The zero-order valence-electron chi connectivity index (χ0n) is 15.0. The van der Waals surface area contributed by atoms with E-state index in [1.54, 1.807) is 32.7 Å². The van der Waals surface area contributed by atoms with E-state index < -0.39 is 0 Å². The van der Waals surface area contributed by atoms with Gasteiger partial charge in [0.15, 0.2) is 11.5 Å². The van der Waals surface area contributed by atoms with Crippen LogP contribution >= 0.6 is 0 Å². The second kappa shape index (κ2) is 9.52. The van der Waals surface area contributed by atoms with Crippen molar-refractivity contribution in [3.8, 4) is 11.5 Å². The van der Waals surface area contributed by atoms with Crippen LogP contribution in [-0.4, -0.2) is 31.7 Å². The molecule has 1 aromatic heterocycles. The third-order valence-electron chi connectivity index (χ3n) is 3.76. The molecule has 0 saturated heterocycles. The number of rotatable bonds is 9. The molecule has 2 rings (SSSR count). The standard InChI is InChI=1S/C19H25N3O3/c1-4-5-8-21-19(23)15-10-16(13-20-12-15)22-11-14-6-7-17(24-2)18(9-14)25-3/h6-7,9-10,12-13,22H,4-5,8,11H2,1-3H3,(H,21,23). The average Bonchev–Trinajstić information content (AvgIpc) is 2.66. The number of ether oxygens (including phenoxy) is 2. The van der Waals surface area contributed by atoms with Crippen LogP contribution in [0.1, 0.15) is 35.7 Å². The number of anilines is 1. The molecule has 6 heteroatoms. The predicted molar refractivity (Wildman–Crippen MR) is 98.4 cm³/mol. The monoisotopic (exact) mass is 343 g/mol. The van der Waals surface area contributed by atoms with Gasteiger partial charge in [-0.2, -0.15) is 0 Å². The van der Waals surface area contributed by atoms with E-state index in [1.165, 1.54) is 0 Å². The molecule has 134 valence electrons. The van der Waals surface area contributed by atoms with Gasteiger partial charge in [-0.25, -0.2) is 0 Å². The molecule has 0 saturated carbocycles. The van der Waals surface area contributed by atoms with Crippen LogP contribution in [0, 0.1) is 0 Å². The number of amides is 1. The maximum Gasteiger partial charge on any atom is 0.252 e. The lowest BCUT2D eigenvalue weighted by atomic mass is 10.2. The molecule has 0 aliphatic heterocycles. The number of hydrogen-bond acceptors (Lipinski definition) is 5. The van der Waals surface area contributed by atoms with E-state index in [0.29, 0.717) is 30.2 Å². The molecule has 0 radical (unpaired) electrons. The number of carbonyl (C=O) groups is 1. The molecular weight excluding hydrogens is 318 g/mol. The average molecular weight is 343 g/mol. The molecule has 0 aliphatic rings. The molecule has 1 amide bonds. The van der Waals surface area contributed by atoms with E-state index in [2.05, 4.69) is 22.5 Å². The second-order valence-electron chi connectivity index (χ2n) is 5.61. The van der Waals surface area contributed by atoms with Gasteiger partial charge in [-0.15, -0.1) is 0 Å². The summed E-state index contributed by atoms with van der Waals surface area (Å²) in [5, 5.41) is 6.16. The second-order valence-corrected chi connectivity index (χ2v) is 5.61. The topological polar surface area (TPSA) is 72.5 Å². The third kappa shape index (κ3) is 5.38. The summed E-state index contributed by atoms with van der Waals surface area (Å²) in [5.74, 6) is 1.28. The minimum absolute atomic E-state index is 0.101. The summed E-state index contributed by atoms with van der Waals surface area (Å²) in [7, 11) is 3.22. The fourth-order valence-electron chi connectivity index (χ4n) is 2.34. The van der Waals surface area contributed by atoms with Crippen LogP contribution in [0.5, 0.6) is 11.5 Å². The highest BCUT2D eigenvalue weighted by Crippen LogP contribution is 2.27. The van der Waals surface area contributed by atoms with Crippen LogP contribution in [0.3, 0.4) is 0 Å². The molecule has 0 bridgehead atoms. The summed E-state index contributed by atoms with van der Waals surface area (Å²) in [4.78, 5) is 16.2. The van der Waals surface area contributed by atoms with Gasteiger partial charge in [0.1, 0.15) is 0 Å². The van der Waals surface area contributed by atoms with E-state index in [9.17, 15) is 4.79 Å². The predicted octanol–water partition coefficient (Wildman–Crippen LogP) is 3.24. The first-order chi connectivity index (χ1) is 12.2. The maximum atomic E-state index is 12.1. The summed E-state index contributed by atoms with van der Waals surface area (Å²) in [6, 6.07) is 7.55. The summed E-state index contributed by atoms with van der Waals surface area (Å²) >= 11 is 0. The summed E-state index contributed by atoms with van der Waals surface area (Å²) in [5.41, 5.74) is 2.38. The van der Waals surface area contributed by atoms with Gasteiger partial charge >= 0.3 is 0 Å². The Bertz CT molecular complexity index is 704. The summed E-state index contributed by atoms with van der Waals surface area (Å²) < 4.78 is 10.5. The summed E-state index contributed by atoms with van der Waals surface area (Å²) in [6.45, 7) is 3.36. The molecule has 0 atom stereocenters. The highest BCUT2D eigenvalue weighted by atomic mass is 16.5. The van der Waals surface area contributed by atoms with Gasteiger partial charge in [-0.3, -0.25) is 9.78 Å². The Kier molecular flexibility index (Phi) is 7.07. The maximum absolute atomic E-state index is 12.1. The van der Waals surface area contributed by atoms with E-state index in [0.717, 1.165) is 24.1 Å². The van der Waals surface area contributed by atoms with Crippen molar-refractivity contribution >= 4 is 11.6 Å². The minimum Gasteiger partial charge on any atom is -0.493 e. The summed E-state index contributed by atoms with van der Waals surface area (Å²) in [6.07, 6.45) is 5.29. The zero-order chi connectivity index (χ0) is 18.1. The van der Waals surface area contributed by atoms with Crippen molar-refractivity contribution in [2.45, 2.75) is 26.3 Å². The number of pyridine rings is 1. The van der Waals surface area contributed by atoms with E-state index in [-0.39, 0.29) is 5.91 Å². The number of nitrogens with one attached hydrogen (secondary N) is 2. The zero-order valence-corrected chi connectivity index (χ0v) is 15.0. The van der Waals surface area contributed by atoms with Gasteiger partial charge in [-0.1, -0.05) is 19.4 Å². The Morgan fingerprint density at radius 3 is 2.64 bits per heavy atom. The van der Waals surface area contributed by atoms with Crippen LogP contribution < -0.4 is 20.1 Å². The van der Waals surface area contributed by atoms with Crippen molar-refractivity contribution in [3.63, 3.8) is 0 Å². The molecule has 0 fully saturated rings. The van der Waals surface area contributed by atoms with Crippen molar-refractivity contribution in [2.24, 2.45) is 0 Å². The SMILES string of the molecule is CCCCNC(=O)c1cncc(NCc2ccc(OC)c(OC)c2)c1. The number of hydrogen-bond donors (Lipinski definition) is 2. The molecule has 0 spiro atoms. The van der Waals surface area contributed by atoms with E-state index >= 15 is 0 Å². The first-order valence-electron chi connectivity index (χ1n) is 8.36. The highest BCUT2D eigenvalue weighted by molar-refractivity contribution is 5.94. The third-order valence-corrected chi connectivity index (χ3v) is 3.76. The van der Waals surface area contributed by atoms with Gasteiger partial charge < -0.3 is 20.1 Å². The van der Waals surface area contributed by atoms with Crippen molar-refractivity contribution in [1.29, 1.82) is 0 Å². The van der Waals surface area contributed by atoms with Gasteiger partial charge in [0, 0.05) is 25.5 Å². The van der Waals surface area contributed by atoms with E-state index in [4.69, 9.17) is 9.47 Å². The number of aromatic nitrogens is 1. The molecule has 1 heterocycles. The smallest absolute Gasteiger partial charge is 0.252 e. The van der Waals surface area contributed by atoms with Gasteiger partial charge in [0.25, 0.3) is 5.91 Å². The Hall–Kier alpha value is -2.76. The van der Waals surface area contributed by atoms with Crippen LogP contribution in [0.25, 0.3) is 0 Å². The lowest BCUT2D eigenvalue weighted by Gasteiger charge is -2.11. The van der Waals surface area contributed by atoms with Gasteiger partial charge in [0.05, 0.1) is 25.5 Å². The van der Waals surface area contributed by atoms with Crippen LogP contribution in [-0.2, 0) is 6.54 Å². The Morgan fingerprint density at radius 2 is 1.92 bits per heavy atom. The Labute approximate surface area is 148 Å². The number of unbranched alkanes of at least 4 members (excludes halogenated alkanes) is 1. The molecule has 6 nitrogen and oxygen atoms in total. The fraction of sp³-hybridized carbons (Fsp3) is 0.368. The lowest BCUT2D eigenvalue weighted by Crippen LogP contribution is -2.24. The fourth-order valence-corrected chi connectivity index (χ4v) is 2.34. The van der Waals surface area contributed by atoms with Crippen molar-refractivity contribution in [2.75, 3.05) is 26.1 Å². The number of methoxy groups -OCH3 is 2. The normalized spacial score (nSPS) is 10.2. The molecule has 0 aliphatic carbocycles. The van der Waals surface area contributed by atoms with Crippen molar-refractivity contribution < 1.29 is 14.3 Å². The largest absolute Gasteiger partial charge is 0.493 e. The molecule has 25 heavy (non-hydrogen) atoms. The Balaban J connectivity index is 1.99. The highest BCUT2D eigenvalue weighted by Gasteiger charge is 2.07. The molecular formula is C19H25N3O3. The molecule has 0 unspecified atom stereocenters. The van der Waals surface area contributed by atoms with E-state index in [1.807, 2.05) is 18.2 Å². The van der Waals surface area contributed by atoms with Crippen LogP contribution in [0.15, 0.2) is 36.7 Å². The Morgan fingerprint density at radius 1 is 1.12 bits per heavy atom. The molecule has 2 aromatic rings. The van der Waals surface area contributed by atoms with Crippen LogP contribution in [0.4, 0.5) is 5.69 Å². The first-order valence-corrected chi connectivity index (χ1v) is 8.36. The van der Waals surface area contributed by atoms with Crippen LogP contribution in [0.2, 0.25) is 0 Å². The first kappa shape index (κ1) is 18.6.